The topological polar surface area (TPSA) is 87.6 Å². The van der Waals surface area contributed by atoms with Gasteiger partial charge in [-0.1, -0.05) is 30.3 Å². The number of amides is 2. The zero-order valence-corrected chi connectivity index (χ0v) is 26.5. The first-order chi connectivity index (χ1) is 23.4. The Balaban J connectivity index is 1.27. The largest absolute Gasteiger partial charge is 0.508 e. The minimum Gasteiger partial charge on any atom is -0.508 e. The zero-order valence-electron chi connectivity index (χ0n) is 26.5. The second-order valence-electron chi connectivity index (χ2n) is 12.3. The number of aromatic hydroxyl groups is 1. The van der Waals surface area contributed by atoms with Crippen molar-refractivity contribution in [1.82, 2.24) is 9.30 Å². The highest BCUT2D eigenvalue weighted by molar-refractivity contribution is 6.15. The molecule has 2 aliphatic heterocycles. The summed E-state index contributed by atoms with van der Waals surface area (Å²) >= 11 is 0. The van der Waals surface area contributed by atoms with Gasteiger partial charge in [0.15, 0.2) is 23.9 Å². The van der Waals surface area contributed by atoms with E-state index in [1.165, 1.54) is 5.56 Å². The molecule has 0 bridgehead atoms. The Morgan fingerprint density at radius 3 is 2.29 bits per heavy atom. The van der Waals surface area contributed by atoms with Crippen LogP contribution < -0.4 is 18.9 Å². The van der Waals surface area contributed by atoms with Gasteiger partial charge in [-0.2, -0.15) is 0 Å². The molecule has 3 aromatic carbocycles. The Labute approximate surface area is 277 Å². The van der Waals surface area contributed by atoms with Gasteiger partial charge in [0.25, 0.3) is 11.8 Å². The number of pyridine rings is 2. The molecule has 9 nitrogen and oxygen atoms in total. The van der Waals surface area contributed by atoms with Crippen molar-refractivity contribution in [3.05, 3.63) is 138 Å². The summed E-state index contributed by atoms with van der Waals surface area (Å²) in [5.41, 5.74) is 6.56. The van der Waals surface area contributed by atoms with Crippen LogP contribution in [0, 0.1) is 0 Å². The molecular formula is C39H33N4O5+. The summed E-state index contributed by atoms with van der Waals surface area (Å²) in [5, 5.41) is 10.0. The summed E-state index contributed by atoms with van der Waals surface area (Å²) in [6, 6.07) is 29.7. The Hall–Kier alpha value is -6.09. The number of ether oxygens (including phenoxy) is 2. The number of hydrogen-bond donors (Lipinski definition) is 1. The smallest absolute Gasteiger partial charge is 0.265 e. The number of phenolic OH excluding ortho intramolecular Hbond substituents is 1. The molecule has 0 fully saturated rings. The van der Waals surface area contributed by atoms with Crippen LogP contribution in [0.4, 0.5) is 11.4 Å². The number of aryl methyl sites for hydroxylation is 1. The van der Waals surface area contributed by atoms with Gasteiger partial charge in [-0.25, -0.2) is 4.57 Å². The SMILES string of the molecule is C[C@@H]1Cc2ccccc2CN1C(=O)c1cc2c(cc1-c1cc(C(=O)N(c3ccc(O)cc3)c3cc[n+](C)cc3)c3ccccn13)OCO2. The molecule has 0 unspecified atom stereocenters. The number of carbonyl (C=O) groups excluding carboxylic acids is 2. The molecule has 5 heterocycles. The molecule has 1 atom stereocenters. The lowest BCUT2D eigenvalue weighted by Gasteiger charge is -2.35. The molecule has 0 aliphatic carbocycles. The van der Waals surface area contributed by atoms with Crippen LogP contribution in [-0.2, 0) is 20.0 Å². The van der Waals surface area contributed by atoms with Gasteiger partial charge in [0.05, 0.1) is 28.0 Å². The summed E-state index contributed by atoms with van der Waals surface area (Å²) in [6.45, 7) is 2.64. The fourth-order valence-electron chi connectivity index (χ4n) is 6.72. The van der Waals surface area contributed by atoms with E-state index in [1.54, 1.807) is 35.2 Å². The molecule has 0 saturated carbocycles. The van der Waals surface area contributed by atoms with E-state index in [0.717, 1.165) is 12.0 Å². The van der Waals surface area contributed by atoms with Crippen LogP contribution in [0.15, 0.2) is 116 Å². The Bertz CT molecular complexity index is 2160. The van der Waals surface area contributed by atoms with Crippen molar-refractivity contribution in [3.63, 3.8) is 0 Å². The van der Waals surface area contributed by atoms with Gasteiger partial charge in [0.1, 0.15) is 12.8 Å². The van der Waals surface area contributed by atoms with Crippen molar-refractivity contribution in [2.24, 2.45) is 7.05 Å². The quantitative estimate of drug-likeness (QED) is 0.220. The lowest BCUT2D eigenvalue weighted by molar-refractivity contribution is -0.671. The van der Waals surface area contributed by atoms with E-state index in [4.69, 9.17) is 9.47 Å². The van der Waals surface area contributed by atoms with E-state index in [1.807, 2.05) is 94.1 Å². The van der Waals surface area contributed by atoms with Gasteiger partial charge in [-0.05, 0) is 79.1 Å². The Morgan fingerprint density at radius 2 is 1.52 bits per heavy atom. The molecule has 8 rings (SSSR count). The van der Waals surface area contributed by atoms with Gasteiger partial charge in [-0.3, -0.25) is 14.5 Å². The first-order valence-corrected chi connectivity index (χ1v) is 15.9. The van der Waals surface area contributed by atoms with Crippen LogP contribution in [0.2, 0.25) is 0 Å². The van der Waals surface area contributed by atoms with Crippen molar-refractivity contribution in [2.75, 3.05) is 11.7 Å². The first-order valence-electron chi connectivity index (χ1n) is 15.9. The molecule has 0 saturated heterocycles. The average molecular weight is 638 g/mol. The van der Waals surface area contributed by atoms with Crippen molar-refractivity contribution in [3.8, 4) is 28.5 Å². The minimum atomic E-state index is -0.264. The molecule has 9 heteroatoms. The third-order valence-corrected chi connectivity index (χ3v) is 9.22. The molecule has 1 N–H and O–H groups in total. The van der Waals surface area contributed by atoms with Crippen molar-refractivity contribution in [2.45, 2.75) is 25.9 Å². The number of rotatable bonds is 5. The molecule has 2 aliphatic rings. The van der Waals surface area contributed by atoms with Gasteiger partial charge in [0, 0.05) is 42.2 Å². The number of nitrogens with zero attached hydrogens (tertiary/aromatic N) is 4. The molecule has 3 aromatic heterocycles. The third-order valence-electron chi connectivity index (χ3n) is 9.22. The number of anilines is 2. The molecular weight excluding hydrogens is 604 g/mol. The van der Waals surface area contributed by atoms with E-state index < -0.39 is 0 Å². The highest BCUT2D eigenvalue weighted by Crippen LogP contribution is 2.42. The van der Waals surface area contributed by atoms with Crippen molar-refractivity contribution < 1.29 is 28.7 Å². The van der Waals surface area contributed by atoms with E-state index >= 15 is 0 Å². The van der Waals surface area contributed by atoms with Gasteiger partial charge < -0.3 is 23.9 Å². The molecule has 0 spiro atoms. The van der Waals surface area contributed by atoms with Crippen LogP contribution in [0.3, 0.4) is 0 Å². The maximum absolute atomic E-state index is 14.7. The fourth-order valence-corrected chi connectivity index (χ4v) is 6.72. The molecule has 48 heavy (non-hydrogen) atoms. The van der Waals surface area contributed by atoms with E-state index in [2.05, 4.69) is 19.1 Å². The highest BCUT2D eigenvalue weighted by atomic mass is 16.7. The first kappa shape index (κ1) is 29.3. The second-order valence-corrected chi connectivity index (χ2v) is 12.3. The van der Waals surface area contributed by atoms with Crippen LogP contribution in [0.1, 0.15) is 38.8 Å². The van der Waals surface area contributed by atoms with E-state index in [0.29, 0.717) is 57.3 Å². The van der Waals surface area contributed by atoms with Crippen LogP contribution in [0.5, 0.6) is 17.2 Å². The third kappa shape index (κ3) is 5.00. The number of aromatic nitrogens is 2. The van der Waals surface area contributed by atoms with E-state index in [9.17, 15) is 14.7 Å². The zero-order chi connectivity index (χ0) is 32.9. The van der Waals surface area contributed by atoms with Gasteiger partial charge in [-0.15, -0.1) is 0 Å². The number of fused-ring (bicyclic) bond motifs is 3. The monoisotopic (exact) mass is 637 g/mol. The van der Waals surface area contributed by atoms with E-state index in [-0.39, 0.29) is 30.4 Å². The maximum atomic E-state index is 14.7. The molecule has 238 valence electrons. The van der Waals surface area contributed by atoms with Crippen molar-refractivity contribution >= 4 is 28.7 Å². The summed E-state index contributed by atoms with van der Waals surface area (Å²) in [5.74, 6) is 0.778. The van der Waals surface area contributed by atoms with Crippen LogP contribution in [-0.4, -0.2) is 39.1 Å². The normalized spacial score (nSPS) is 15.0. The predicted octanol–water partition coefficient (Wildman–Crippen LogP) is 6.43. The number of carbonyl (C=O) groups is 2. The Kier molecular flexibility index (Phi) is 7.09. The highest BCUT2D eigenvalue weighted by Gasteiger charge is 2.32. The number of hydrogen-bond acceptors (Lipinski definition) is 5. The lowest BCUT2D eigenvalue weighted by atomic mass is 9.93. The molecule has 0 radical (unpaired) electrons. The summed E-state index contributed by atoms with van der Waals surface area (Å²) in [7, 11) is 1.91. The minimum absolute atomic E-state index is 0.0154. The summed E-state index contributed by atoms with van der Waals surface area (Å²) in [6.07, 6.45) is 6.42. The number of benzene rings is 3. The van der Waals surface area contributed by atoms with Crippen molar-refractivity contribution in [1.29, 1.82) is 0 Å². The van der Waals surface area contributed by atoms with Gasteiger partial charge in [0.2, 0.25) is 6.79 Å². The summed E-state index contributed by atoms with van der Waals surface area (Å²) < 4.78 is 15.4. The summed E-state index contributed by atoms with van der Waals surface area (Å²) in [4.78, 5) is 32.8. The van der Waals surface area contributed by atoms with Crippen LogP contribution >= 0.6 is 0 Å². The Morgan fingerprint density at radius 1 is 0.833 bits per heavy atom. The molecule has 2 amide bonds. The fraction of sp³-hybridized carbons (Fsp3) is 0.154. The predicted molar refractivity (Wildman–Crippen MR) is 181 cm³/mol. The number of phenols is 1. The van der Waals surface area contributed by atoms with Gasteiger partial charge >= 0.3 is 0 Å². The lowest BCUT2D eigenvalue weighted by Crippen LogP contribution is -2.42. The second kappa shape index (κ2) is 11.6. The average Bonchev–Trinajstić information content (AvgIpc) is 3.73. The standard InChI is InChI=1S/C39H32N4O5/c1-25-19-26-7-3-4-8-27(26)23-42(25)38(45)32-22-37-36(47-24-48-37)21-31(32)35-20-33(34-9-5-6-16-41(34)35)39(46)43(28-10-12-30(44)13-11-28)29-14-17-40(2)18-15-29/h3-18,20-22,25H,19,23-24H2,1-2H3/p+1/t25-/m1/s1. The molecule has 6 aromatic rings. The maximum Gasteiger partial charge on any atom is 0.265 e. The van der Waals surface area contributed by atoms with Crippen LogP contribution in [0.25, 0.3) is 16.8 Å².